The average molecular weight is 425 g/mol. The minimum Gasteiger partial charge on any atom is -0.507 e. The third kappa shape index (κ3) is 5.22. The van der Waals surface area contributed by atoms with Crippen LogP contribution in [0.3, 0.4) is 0 Å². The molecule has 0 aliphatic carbocycles. The maximum absolute atomic E-state index is 11.0. The topological polar surface area (TPSA) is 26.7 Å². The van der Waals surface area contributed by atoms with E-state index in [0.29, 0.717) is 5.75 Å². The summed E-state index contributed by atoms with van der Waals surface area (Å²) in [5.41, 5.74) is 4.05. The molecule has 3 rings (SSSR count). The van der Waals surface area contributed by atoms with Gasteiger partial charge in [-0.1, -0.05) is 84.1 Å². The van der Waals surface area contributed by atoms with Crippen molar-refractivity contribution in [1.82, 2.24) is 9.80 Å². The molecule has 0 saturated carbocycles. The van der Waals surface area contributed by atoms with Crippen LogP contribution in [0, 0.1) is 0 Å². The summed E-state index contributed by atoms with van der Waals surface area (Å²) < 4.78 is 0. The van der Waals surface area contributed by atoms with Crippen LogP contribution in [0.1, 0.15) is 63.8 Å². The predicted molar refractivity (Wildman–Crippen MR) is 130 cm³/mol. The number of aromatic hydroxyl groups is 1. The van der Waals surface area contributed by atoms with Crippen LogP contribution in [0.15, 0.2) is 42.5 Å². The van der Waals surface area contributed by atoms with Gasteiger partial charge in [-0.25, -0.2) is 0 Å². The van der Waals surface area contributed by atoms with Crippen LogP contribution in [0.4, 0.5) is 0 Å². The fourth-order valence-corrected chi connectivity index (χ4v) is 4.34. The summed E-state index contributed by atoms with van der Waals surface area (Å²) in [5, 5.41) is 11.0. The second kappa shape index (κ2) is 8.68. The molecule has 4 heteroatoms. The first-order chi connectivity index (χ1) is 14.0. The number of thiocarbonyl (C=S) groups is 1. The molecule has 1 saturated heterocycles. The van der Waals surface area contributed by atoms with E-state index in [-0.39, 0.29) is 10.8 Å². The second-order valence-corrected chi connectivity index (χ2v) is 10.9. The standard InChI is InChI=1S/C26H36N2OS/c1-25(2,3)21-16-20(17-22(23(21)29)26(4,5)6)24(30)28-14-12-27(13-15-28)18-19-10-8-7-9-11-19/h7-11,16-17,29H,12-15,18H2,1-6H3. The lowest BCUT2D eigenvalue weighted by atomic mass is 9.78. The van der Waals surface area contributed by atoms with Gasteiger partial charge in [0.25, 0.3) is 0 Å². The highest BCUT2D eigenvalue weighted by Crippen LogP contribution is 2.40. The third-order valence-electron chi connectivity index (χ3n) is 5.88. The summed E-state index contributed by atoms with van der Waals surface area (Å²) in [4.78, 5) is 5.71. The lowest BCUT2D eigenvalue weighted by Crippen LogP contribution is -2.48. The van der Waals surface area contributed by atoms with Gasteiger partial charge < -0.3 is 10.0 Å². The summed E-state index contributed by atoms with van der Waals surface area (Å²) in [6.07, 6.45) is 0. The Labute approximate surface area is 187 Å². The van der Waals surface area contributed by atoms with Gasteiger partial charge in [-0.3, -0.25) is 4.90 Å². The second-order valence-electron chi connectivity index (χ2n) is 10.5. The largest absolute Gasteiger partial charge is 0.507 e. The van der Waals surface area contributed by atoms with E-state index in [0.717, 1.165) is 54.4 Å². The predicted octanol–water partition coefficient (Wildman–Crippen LogP) is 5.48. The molecular weight excluding hydrogens is 388 g/mol. The van der Waals surface area contributed by atoms with Crippen molar-refractivity contribution in [2.75, 3.05) is 26.2 Å². The lowest BCUT2D eigenvalue weighted by molar-refractivity contribution is 0.177. The minimum atomic E-state index is -0.149. The van der Waals surface area contributed by atoms with E-state index in [1.54, 1.807) is 0 Å². The fraction of sp³-hybridized carbons (Fsp3) is 0.500. The molecule has 2 aromatic carbocycles. The number of hydrogen-bond acceptors (Lipinski definition) is 3. The molecule has 3 nitrogen and oxygen atoms in total. The van der Waals surface area contributed by atoms with Crippen molar-refractivity contribution in [2.24, 2.45) is 0 Å². The smallest absolute Gasteiger partial charge is 0.123 e. The van der Waals surface area contributed by atoms with Crippen LogP contribution in [-0.4, -0.2) is 46.1 Å². The first kappa shape index (κ1) is 22.8. The van der Waals surface area contributed by atoms with E-state index in [1.807, 2.05) is 0 Å². The number of nitrogens with zero attached hydrogens (tertiary/aromatic N) is 2. The Morgan fingerprint density at radius 1 is 0.867 bits per heavy atom. The van der Waals surface area contributed by atoms with Gasteiger partial charge in [0.15, 0.2) is 0 Å². The van der Waals surface area contributed by atoms with Gasteiger partial charge in [0, 0.05) is 49.4 Å². The Bertz CT molecular complexity index is 850. The molecule has 0 aromatic heterocycles. The first-order valence-corrected chi connectivity index (χ1v) is 11.3. The highest BCUT2D eigenvalue weighted by molar-refractivity contribution is 7.80. The molecule has 1 heterocycles. The third-order valence-corrected chi connectivity index (χ3v) is 6.38. The Morgan fingerprint density at radius 2 is 1.37 bits per heavy atom. The normalized spacial score (nSPS) is 16.0. The lowest BCUT2D eigenvalue weighted by Gasteiger charge is -2.37. The van der Waals surface area contributed by atoms with Gasteiger partial charge in [-0.2, -0.15) is 0 Å². The molecule has 2 aromatic rings. The summed E-state index contributed by atoms with van der Waals surface area (Å²) in [7, 11) is 0. The summed E-state index contributed by atoms with van der Waals surface area (Å²) in [6, 6.07) is 14.9. The van der Waals surface area contributed by atoms with Crippen LogP contribution >= 0.6 is 12.2 Å². The molecule has 0 bridgehead atoms. The summed E-state index contributed by atoms with van der Waals surface area (Å²) in [5.74, 6) is 0.411. The first-order valence-electron chi connectivity index (χ1n) is 10.9. The van der Waals surface area contributed by atoms with Crippen molar-refractivity contribution in [1.29, 1.82) is 0 Å². The zero-order valence-corrected chi connectivity index (χ0v) is 20.1. The van der Waals surface area contributed by atoms with Crippen molar-refractivity contribution in [3.63, 3.8) is 0 Å². The van der Waals surface area contributed by atoms with Gasteiger partial charge in [0.1, 0.15) is 10.7 Å². The SMILES string of the molecule is CC(C)(C)c1cc(C(=S)N2CCN(Cc3ccccc3)CC2)cc(C(C)(C)C)c1O. The van der Waals surface area contributed by atoms with E-state index in [9.17, 15) is 5.11 Å². The zero-order valence-electron chi connectivity index (χ0n) is 19.3. The van der Waals surface area contributed by atoms with Crippen molar-refractivity contribution in [3.8, 4) is 5.75 Å². The van der Waals surface area contributed by atoms with E-state index in [1.165, 1.54) is 5.56 Å². The monoisotopic (exact) mass is 424 g/mol. The van der Waals surface area contributed by atoms with Crippen molar-refractivity contribution < 1.29 is 5.11 Å². The van der Waals surface area contributed by atoms with Gasteiger partial charge in [0.05, 0.1) is 0 Å². The van der Waals surface area contributed by atoms with E-state index < -0.39 is 0 Å². The molecule has 0 amide bonds. The average Bonchev–Trinajstić information content (AvgIpc) is 2.67. The molecule has 0 radical (unpaired) electrons. The fourth-order valence-electron chi connectivity index (χ4n) is 4.03. The van der Waals surface area contributed by atoms with Crippen LogP contribution in [0.25, 0.3) is 0 Å². The number of phenolic OH excluding ortho intramolecular Hbond substituents is 1. The molecule has 30 heavy (non-hydrogen) atoms. The summed E-state index contributed by atoms with van der Waals surface area (Å²) >= 11 is 5.94. The number of piperazine rings is 1. The number of hydrogen-bond donors (Lipinski definition) is 1. The highest BCUT2D eigenvalue weighted by Gasteiger charge is 2.28. The molecule has 0 atom stereocenters. The van der Waals surface area contributed by atoms with Gasteiger partial charge >= 0.3 is 0 Å². The molecule has 0 spiro atoms. The summed E-state index contributed by atoms with van der Waals surface area (Å²) in [6.45, 7) is 17.7. The molecule has 1 aliphatic heterocycles. The van der Waals surface area contributed by atoms with Crippen LogP contribution in [0.5, 0.6) is 5.75 Å². The van der Waals surface area contributed by atoms with Crippen LogP contribution in [-0.2, 0) is 17.4 Å². The quantitative estimate of drug-likeness (QED) is 0.660. The highest BCUT2D eigenvalue weighted by atomic mass is 32.1. The van der Waals surface area contributed by atoms with Crippen LogP contribution in [0.2, 0.25) is 0 Å². The molecule has 0 unspecified atom stereocenters. The molecule has 1 N–H and O–H groups in total. The van der Waals surface area contributed by atoms with E-state index in [2.05, 4.69) is 93.8 Å². The van der Waals surface area contributed by atoms with Crippen molar-refractivity contribution in [3.05, 3.63) is 64.7 Å². The zero-order chi connectivity index (χ0) is 22.1. The Morgan fingerprint density at radius 3 is 1.83 bits per heavy atom. The molecule has 162 valence electrons. The van der Waals surface area contributed by atoms with Gasteiger partial charge in [-0.15, -0.1) is 0 Å². The number of benzene rings is 2. The Hall–Kier alpha value is -1.91. The Balaban J connectivity index is 1.78. The molecule has 1 aliphatic rings. The number of phenols is 1. The van der Waals surface area contributed by atoms with Crippen LogP contribution < -0.4 is 0 Å². The number of rotatable bonds is 3. The molecular formula is C26H36N2OS. The van der Waals surface area contributed by atoms with Gasteiger partial charge in [-0.05, 0) is 28.5 Å². The van der Waals surface area contributed by atoms with Crippen molar-refractivity contribution >= 4 is 17.2 Å². The maximum Gasteiger partial charge on any atom is 0.123 e. The van der Waals surface area contributed by atoms with E-state index >= 15 is 0 Å². The molecule has 1 fully saturated rings. The maximum atomic E-state index is 11.0. The van der Waals surface area contributed by atoms with E-state index in [4.69, 9.17) is 12.2 Å². The van der Waals surface area contributed by atoms with Crippen molar-refractivity contribution in [2.45, 2.75) is 58.9 Å². The minimum absolute atomic E-state index is 0.149. The Kier molecular flexibility index (Phi) is 6.59. The van der Waals surface area contributed by atoms with Gasteiger partial charge in [0.2, 0.25) is 0 Å².